The second kappa shape index (κ2) is 7.20. The van der Waals surface area contributed by atoms with Gasteiger partial charge < -0.3 is 9.26 Å². The largest absolute Gasteiger partial charge is 0.376 e. The molecule has 1 atom stereocenters. The number of nitrogens with zero attached hydrogens (tertiary/aromatic N) is 4. The second-order valence-corrected chi connectivity index (χ2v) is 7.94. The Bertz CT molecular complexity index is 888. The van der Waals surface area contributed by atoms with E-state index in [2.05, 4.69) is 10.1 Å². The molecule has 27 heavy (non-hydrogen) atoms. The number of aromatic nitrogens is 3. The van der Waals surface area contributed by atoms with E-state index in [1.54, 1.807) is 4.68 Å². The molecule has 5 rings (SSSR count). The molecule has 0 bridgehead atoms. The van der Waals surface area contributed by atoms with Crippen LogP contribution in [0.25, 0.3) is 0 Å². The SMILES string of the molecule is O=c1cc2c(nn1CC1CCCN1Cc1noc3c1COCC3)CCCC2. The van der Waals surface area contributed by atoms with E-state index in [-0.39, 0.29) is 5.56 Å². The van der Waals surface area contributed by atoms with E-state index < -0.39 is 0 Å². The van der Waals surface area contributed by atoms with Gasteiger partial charge in [-0.1, -0.05) is 5.16 Å². The molecule has 3 aliphatic rings. The third kappa shape index (κ3) is 3.34. The summed E-state index contributed by atoms with van der Waals surface area (Å²) in [5.74, 6) is 0.972. The van der Waals surface area contributed by atoms with Gasteiger partial charge in [0.05, 0.1) is 25.5 Å². The van der Waals surface area contributed by atoms with Crippen molar-refractivity contribution in [1.29, 1.82) is 0 Å². The number of hydrogen-bond donors (Lipinski definition) is 0. The summed E-state index contributed by atoms with van der Waals surface area (Å²) >= 11 is 0. The fraction of sp³-hybridized carbons (Fsp3) is 0.650. The summed E-state index contributed by atoms with van der Waals surface area (Å²) < 4.78 is 12.8. The molecule has 2 aromatic heterocycles. The third-order valence-electron chi connectivity index (χ3n) is 6.18. The van der Waals surface area contributed by atoms with Gasteiger partial charge in [0.2, 0.25) is 0 Å². The topological polar surface area (TPSA) is 73.4 Å². The number of ether oxygens (including phenoxy) is 1. The molecule has 2 aromatic rings. The Hall–Kier alpha value is -1.99. The van der Waals surface area contributed by atoms with E-state index in [4.69, 9.17) is 14.4 Å². The first-order valence-corrected chi connectivity index (χ1v) is 10.2. The average Bonchev–Trinajstić information content (AvgIpc) is 3.30. The predicted octanol–water partition coefficient (Wildman–Crippen LogP) is 1.85. The van der Waals surface area contributed by atoms with Gasteiger partial charge in [0.25, 0.3) is 5.56 Å². The van der Waals surface area contributed by atoms with Gasteiger partial charge in [-0.25, -0.2) is 4.68 Å². The summed E-state index contributed by atoms with van der Waals surface area (Å²) in [6.45, 7) is 3.74. The standard InChI is InChI=1S/C20H26N4O3/c25-20-10-14-4-1-2-6-17(14)21-24(20)11-15-5-3-8-23(15)12-18-16-13-26-9-7-19(16)27-22-18/h10,15H,1-9,11-13H2. The molecule has 1 aliphatic carbocycles. The van der Waals surface area contributed by atoms with E-state index in [1.165, 1.54) is 12.8 Å². The van der Waals surface area contributed by atoms with Crippen molar-refractivity contribution in [2.24, 2.45) is 0 Å². The summed E-state index contributed by atoms with van der Waals surface area (Å²) in [6, 6.07) is 2.13. The van der Waals surface area contributed by atoms with Crippen LogP contribution in [0.5, 0.6) is 0 Å². The molecule has 4 heterocycles. The van der Waals surface area contributed by atoms with Gasteiger partial charge in [0, 0.05) is 30.6 Å². The zero-order valence-electron chi connectivity index (χ0n) is 15.7. The molecule has 7 nitrogen and oxygen atoms in total. The monoisotopic (exact) mass is 370 g/mol. The number of aryl methyl sites for hydroxylation is 2. The zero-order chi connectivity index (χ0) is 18.2. The van der Waals surface area contributed by atoms with Crippen molar-refractivity contribution in [2.45, 2.75) is 70.7 Å². The lowest BCUT2D eigenvalue weighted by atomic mass is 9.97. The molecule has 0 aromatic carbocycles. The lowest BCUT2D eigenvalue weighted by molar-refractivity contribution is 0.102. The van der Waals surface area contributed by atoms with Crippen LogP contribution in [0.4, 0.5) is 0 Å². The Morgan fingerprint density at radius 1 is 1.19 bits per heavy atom. The summed E-state index contributed by atoms with van der Waals surface area (Å²) in [5, 5.41) is 9.00. The maximum absolute atomic E-state index is 12.5. The van der Waals surface area contributed by atoms with Crippen molar-refractivity contribution in [2.75, 3.05) is 13.2 Å². The van der Waals surface area contributed by atoms with Crippen molar-refractivity contribution in [3.05, 3.63) is 44.7 Å². The van der Waals surface area contributed by atoms with Gasteiger partial charge in [-0.3, -0.25) is 9.69 Å². The van der Waals surface area contributed by atoms with E-state index in [1.807, 2.05) is 6.07 Å². The molecule has 0 N–H and O–H groups in total. The summed E-state index contributed by atoms with van der Waals surface area (Å²) in [4.78, 5) is 14.9. The minimum Gasteiger partial charge on any atom is -0.376 e. The molecule has 7 heteroatoms. The molecule has 1 saturated heterocycles. The molecular formula is C20H26N4O3. The number of fused-ring (bicyclic) bond motifs is 2. The van der Waals surface area contributed by atoms with Crippen molar-refractivity contribution in [1.82, 2.24) is 19.8 Å². The Morgan fingerprint density at radius 2 is 2.11 bits per heavy atom. The Kier molecular flexibility index (Phi) is 4.57. The second-order valence-electron chi connectivity index (χ2n) is 7.94. The lowest BCUT2D eigenvalue weighted by Gasteiger charge is -2.25. The molecule has 0 radical (unpaired) electrons. The zero-order valence-corrected chi connectivity index (χ0v) is 15.7. The molecule has 0 spiro atoms. The van der Waals surface area contributed by atoms with Gasteiger partial charge in [-0.05, 0) is 50.6 Å². The fourth-order valence-corrected chi connectivity index (χ4v) is 4.64. The minimum absolute atomic E-state index is 0.0368. The van der Waals surface area contributed by atoms with E-state index in [0.717, 1.165) is 73.5 Å². The first-order chi connectivity index (χ1) is 13.3. The fourth-order valence-electron chi connectivity index (χ4n) is 4.64. The number of rotatable bonds is 4. The lowest BCUT2D eigenvalue weighted by Crippen LogP contribution is -2.37. The van der Waals surface area contributed by atoms with E-state index >= 15 is 0 Å². The van der Waals surface area contributed by atoms with Crippen LogP contribution in [0.2, 0.25) is 0 Å². The summed E-state index contributed by atoms with van der Waals surface area (Å²) in [5.41, 5.74) is 4.42. The quantitative estimate of drug-likeness (QED) is 0.818. The van der Waals surface area contributed by atoms with Gasteiger partial charge in [-0.2, -0.15) is 5.10 Å². The van der Waals surface area contributed by atoms with Crippen molar-refractivity contribution in [3.8, 4) is 0 Å². The van der Waals surface area contributed by atoms with Crippen molar-refractivity contribution in [3.63, 3.8) is 0 Å². The van der Waals surface area contributed by atoms with Crippen LogP contribution in [0.1, 0.15) is 54.0 Å². The minimum atomic E-state index is 0.0368. The molecule has 0 amide bonds. The Morgan fingerprint density at radius 3 is 3.07 bits per heavy atom. The normalized spacial score (nSPS) is 22.6. The van der Waals surface area contributed by atoms with Crippen LogP contribution in [0.3, 0.4) is 0 Å². The van der Waals surface area contributed by atoms with Gasteiger partial charge in [0.1, 0.15) is 11.5 Å². The highest BCUT2D eigenvalue weighted by Gasteiger charge is 2.29. The third-order valence-corrected chi connectivity index (χ3v) is 6.18. The van der Waals surface area contributed by atoms with Crippen LogP contribution in [0.15, 0.2) is 15.4 Å². The Balaban J connectivity index is 1.33. The van der Waals surface area contributed by atoms with Crippen molar-refractivity contribution >= 4 is 0 Å². The maximum atomic E-state index is 12.5. The molecule has 1 fully saturated rings. The van der Waals surface area contributed by atoms with Crippen LogP contribution >= 0.6 is 0 Å². The molecule has 0 saturated carbocycles. The molecular weight excluding hydrogens is 344 g/mol. The Labute approximate surface area is 158 Å². The van der Waals surface area contributed by atoms with Gasteiger partial charge >= 0.3 is 0 Å². The maximum Gasteiger partial charge on any atom is 0.267 e. The highest BCUT2D eigenvalue weighted by atomic mass is 16.5. The van der Waals surface area contributed by atoms with Crippen LogP contribution in [-0.4, -0.2) is 39.0 Å². The van der Waals surface area contributed by atoms with Gasteiger partial charge in [-0.15, -0.1) is 0 Å². The van der Waals surface area contributed by atoms with Crippen molar-refractivity contribution < 1.29 is 9.26 Å². The van der Waals surface area contributed by atoms with Gasteiger partial charge in [0.15, 0.2) is 0 Å². The molecule has 2 aliphatic heterocycles. The highest BCUT2D eigenvalue weighted by molar-refractivity contribution is 5.24. The highest BCUT2D eigenvalue weighted by Crippen LogP contribution is 2.26. The average molecular weight is 370 g/mol. The first kappa shape index (κ1) is 17.1. The van der Waals surface area contributed by atoms with E-state index in [9.17, 15) is 4.79 Å². The number of hydrogen-bond acceptors (Lipinski definition) is 6. The first-order valence-electron chi connectivity index (χ1n) is 10.2. The van der Waals surface area contributed by atoms with E-state index in [0.29, 0.717) is 25.8 Å². The van der Waals surface area contributed by atoms with Crippen LogP contribution in [-0.2, 0) is 43.7 Å². The molecule has 144 valence electrons. The predicted molar refractivity (Wildman–Crippen MR) is 98.4 cm³/mol. The van der Waals surface area contributed by atoms with Crippen LogP contribution in [0, 0.1) is 0 Å². The van der Waals surface area contributed by atoms with Crippen LogP contribution < -0.4 is 5.56 Å². The summed E-state index contributed by atoms with van der Waals surface area (Å²) in [7, 11) is 0. The molecule has 1 unspecified atom stereocenters. The summed E-state index contributed by atoms with van der Waals surface area (Å²) in [6.07, 6.45) is 7.36. The smallest absolute Gasteiger partial charge is 0.267 e. The number of likely N-dealkylation sites (tertiary alicyclic amines) is 1.